The zero-order chi connectivity index (χ0) is 20.3. The van der Waals surface area contributed by atoms with Crippen LogP contribution in [0.4, 0.5) is 0 Å². The molecule has 1 saturated carbocycles. The molecule has 0 heteroatoms. The number of rotatable bonds is 11. The average molecular weight is 395 g/mol. The van der Waals surface area contributed by atoms with E-state index in [1.165, 1.54) is 108 Å². The van der Waals surface area contributed by atoms with Crippen LogP contribution in [0, 0.1) is 11.8 Å². The van der Waals surface area contributed by atoms with Crippen LogP contribution >= 0.6 is 0 Å². The Kier molecular flexibility index (Phi) is 9.84. The normalized spacial score (nSPS) is 25.0. The Morgan fingerprint density at radius 2 is 1.41 bits per heavy atom. The zero-order valence-corrected chi connectivity index (χ0v) is 19.4. The molecule has 1 fully saturated rings. The summed E-state index contributed by atoms with van der Waals surface area (Å²) >= 11 is 0. The number of hydrogen-bond acceptors (Lipinski definition) is 0. The van der Waals surface area contributed by atoms with E-state index < -0.39 is 0 Å². The second-order valence-electron chi connectivity index (χ2n) is 10.2. The van der Waals surface area contributed by atoms with Crippen molar-refractivity contribution in [2.24, 2.45) is 11.8 Å². The predicted molar refractivity (Wildman–Crippen MR) is 129 cm³/mol. The highest BCUT2D eigenvalue weighted by molar-refractivity contribution is 5.66. The molecule has 0 saturated heterocycles. The van der Waals surface area contributed by atoms with Crippen LogP contribution in [0.1, 0.15) is 134 Å². The van der Waals surface area contributed by atoms with Crippen molar-refractivity contribution in [1.29, 1.82) is 0 Å². The SMILES string of the molecule is CCCCCCCCCCC1CC=C(c2ccc(C3CCC(C)CC3)cc2)CC1. The molecule has 1 aromatic rings. The number of benzene rings is 1. The number of allylic oxidation sites excluding steroid dienone is 2. The lowest BCUT2D eigenvalue weighted by molar-refractivity contribution is 0.348. The van der Waals surface area contributed by atoms with Crippen LogP contribution in [0.2, 0.25) is 0 Å². The number of hydrogen-bond donors (Lipinski definition) is 0. The molecule has 1 aromatic carbocycles. The van der Waals surface area contributed by atoms with Crippen molar-refractivity contribution in [1.82, 2.24) is 0 Å². The molecule has 29 heavy (non-hydrogen) atoms. The molecule has 0 spiro atoms. The van der Waals surface area contributed by atoms with Crippen LogP contribution in [0.25, 0.3) is 5.57 Å². The van der Waals surface area contributed by atoms with Gasteiger partial charge in [-0.05, 0) is 66.6 Å². The maximum atomic E-state index is 2.57. The van der Waals surface area contributed by atoms with Crippen molar-refractivity contribution in [3.8, 4) is 0 Å². The Bertz CT molecular complexity index is 585. The first-order valence-electron chi connectivity index (χ1n) is 13.1. The minimum atomic E-state index is 0.816. The monoisotopic (exact) mass is 394 g/mol. The van der Waals surface area contributed by atoms with Crippen LogP contribution in [0.3, 0.4) is 0 Å². The van der Waals surface area contributed by atoms with Gasteiger partial charge in [-0.3, -0.25) is 0 Å². The molecule has 162 valence electrons. The molecule has 0 amide bonds. The molecule has 0 nitrogen and oxygen atoms in total. The third kappa shape index (κ3) is 7.62. The third-order valence-corrected chi connectivity index (χ3v) is 7.75. The molecule has 3 rings (SSSR count). The first-order valence-corrected chi connectivity index (χ1v) is 13.1. The summed E-state index contributed by atoms with van der Waals surface area (Å²) in [6, 6.07) is 9.70. The van der Waals surface area contributed by atoms with Crippen LogP contribution in [0.15, 0.2) is 30.3 Å². The topological polar surface area (TPSA) is 0 Å². The van der Waals surface area contributed by atoms with E-state index in [-0.39, 0.29) is 0 Å². The summed E-state index contributed by atoms with van der Waals surface area (Å²) in [5, 5.41) is 0. The van der Waals surface area contributed by atoms with E-state index in [2.05, 4.69) is 44.2 Å². The lowest BCUT2D eigenvalue weighted by Crippen LogP contribution is -2.10. The van der Waals surface area contributed by atoms with E-state index in [1.54, 1.807) is 11.1 Å². The van der Waals surface area contributed by atoms with Crippen molar-refractivity contribution >= 4 is 5.57 Å². The molecule has 0 radical (unpaired) electrons. The highest BCUT2D eigenvalue weighted by Gasteiger charge is 2.20. The second-order valence-corrected chi connectivity index (χ2v) is 10.2. The van der Waals surface area contributed by atoms with E-state index in [0.717, 1.165) is 17.8 Å². The standard InChI is InChI=1S/C29H46/c1-3-4-5-6-7-8-9-10-11-25-14-18-27(19-15-25)29-22-20-28(21-23-29)26-16-12-24(2)13-17-26/h18,20-26H,3-17,19H2,1-2H3. The fourth-order valence-corrected chi connectivity index (χ4v) is 5.54. The first-order chi connectivity index (χ1) is 14.3. The molecule has 2 aliphatic carbocycles. The van der Waals surface area contributed by atoms with Gasteiger partial charge in [0, 0.05) is 0 Å². The summed E-state index contributed by atoms with van der Waals surface area (Å²) in [6.07, 6.45) is 25.2. The molecule has 0 aromatic heterocycles. The summed E-state index contributed by atoms with van der Waals surface area (Å²) in [6.45, 7) is 4.72. The smallest absolute Gasteiger partial charge is 0.0162 e. The lowest BCUT2D eigenvalue weighted by atomic mass is 9.79. The van der Waals surface area contributed by atoms with Gasteiger partial charge in [0.15, 0.2) is 0 Å². The molecule has 0 N–H and O–H groups in total. The van der Waals surface area contributed by atoms with Crippen molar-refractivity contribution in [2.75, 3.05) is 0 Å². The summed E-state index contributed by atoms with van der Waals surface area (Å²) in [4.78, 5) is 0. The number of unbranched alkanes of at least 4 members (excludes halogenated alkanes) is 7. The second kappa shape index (κ2) is 12.6. The molecular formula is C29H46. The van der Waals surface area contributed by atoms with Crippen LogP contribution in [-0.4, -0.2) is 0 Å². The van der Waals surface area contributed by atoms with Gasteiger partial charge in [0.1, 0.15) is 0 Å². The molecular weight excluding hydrogens is 348 g/mol. The highest BCUT2D eigenvalue weighted by atomic mass is 14.3. The predicted octanol–water partition coefficient (Wildman–Crippen LogP) is 9.69. The quantitative estimate of drug-likeness (QED) is 0.328. The van der Waals surface area contributed by atoms with E-state index in [9.17, 15) is 0 Å². The minimum Gasteiger partial charge on any atom is -0.0804 e. The Morgan fingerprint density at radius 3 is 2.03 bits per heavy atom. The first kappa shape index (κ1) is 22.6. The van der Waals surface area contributed by atoms with Gasteiger partial charge in [0.25, 0.3) is 0 Å². The average Bonchev–Trinajstić information content (AvgIpc) is 2.77. The minimum absolute atomic E-state index is 0.816. The van der Waals surface area contributed by atoms with Gasteiger partial charge >= 0.3 is 0 Å². The molecule has 0 heterocycles. The Morgan fingerprint density at radius 1 is 0.759 bits per heavy atom. The van der Waals surface area contributed by atoms with Crippen molar-refractivity contribution in [2.45, 2.75) is 122 Å². The van der Waals surface area contributed by atoms with Crippen LogP contribution in [-0.2, 0) is 0 Å². The molecule has 0 aliphatic heterocycles. The van der Waals surface area contributed by atoms with Gasteiger partial charge in [0.05, 0.1) is 0 Å². The Labute approximate surface area is 181 Å². The van der Waals surface area contributed by atoms with E-state index >= 15 is 0 Å². The van der Waals surface area contributed by atoms with Crippen LogP contribution in [0.5, 0.6) is 0 Å². The largest absolute Gasteiger partial charge is 0.0804 e. The van der Waals surface area contributed by atoms with E-state index in [4.69, 9.17) is 0 Å². The lowest BCUT2D eigenvalue weighted by Gasteiger charge is -2.27. The highest BCUT2D eigenvalue weighted by Crippen LogP contribution is 2.37. The van der Waals surface area contributed by atoms with E-state index in [1.807, 2.05) is 0 Å². The zero-order valence-electron chi connectivity index (χ0n) is 19.4. The molecule has 0 bridgehead atoms. The maximum absolute atomic E-state index is 2.57. The van der Waals surface area contributed by atoms with Gasteiger partial charge in [-0.2, -0.15) is 0 Å². The fraction of sp³-hybridized carbons (Fsp3) is 0.724. The Hall–Kier alpha value is -1.04. The summed E-state index contributed by atoms with van der Waals surface area (Å²) in [5.41, 5.74) is 4.69. The van der Waals surface area contributed by atoms with Crippen molar-refractivity contribution < 1.29 is 0 Å². The van der Waals surface area contributed by atoms with Crippen molar-refractivity contribution in [3.05, 3.63) is 41.5 Å². The summed E-state index contributed by atoms with van der Waals surface area (Å²) < 4.78 is 0. The van der Waals surface area contributed by atoms with Gasteiger partial charge in [-0.15, -0.1) is 0 Å². The van der Waals surface area contributed by atoms with E-state index in [0.29, 0.717) is 0 Å². The Balaban J connectivity index is 1.35. The molecule has 2 aliphatic rings. The van der Waals surface area contributed by atoms with Crippen LogP contribution < -0.4 is 0 Å². The summed E-state index contributed by atoms with van der Waals surface area (Å²) in [7, 11) is 0. The third-order valence-electron chi connectivity index (χ3n) is 7.75. The molecule has 1 unspecified atom stereocenters. The van der Waals surface area contributed by atoms with Gasteiger partial charge in [-0.25, -0.2) is 0 Å². The molecule has 1 atom stereocenters. The van der Waals surface area contributed by atoms with Crippen molar-refractivity contribution in [3.63, 3.8) is 0 Å². The fourth-order valence-electron chi connectivity index (χ4n) is 5.54. The van der Waals surface area contributed by atoms with Gasteiger partial charge in [0.2, 0.25) is 0 Å². The van der Waals surface area contributed by atoms with Gasteiger partial charge in [-0.1, -0.05) is 115 Å². The van der Waals surface area contributed by atoms with Gasteiger partial charge < -0.3 is 0 Å². The maximum Gasteiger partial charge on any atom is -0.0162 e. The summed E-state index contributed by atoms with van der Waals surface area (Å²) in [5.74, 6) is 2.70.